The molecule has 1 saturated carbocycles. The first-order valence-electron chi connectivity index (χ1n) is 13.5. The minimum absolute atomic E-state index is 0.0584. The molecule has 40 heavy (non-hydrogen) atoms. The number of rotatable bonds is 6. The fraction of sp³-hybridized carbons (Fsp3) is 0.333. The second-order valence-electron chi connectivity index (χ2n) is 10.3. The van der Waals surface area contributed by atoms with Crippen molar-refractivity contribution in [3.05, 3.63) is 93.7 Å². The molecule has 0 unspecified atom stereocenters. The number of piperazine rings is 1. The van der Waals surface area contributed by atoms with Crippen molar-refractivity contribution in [2.24, 2.45) is 0 Å². The third kappa shape index (κ3) is 6.29. The van der Waals surface area contributed by atoms with Crippen LogP contribution in [0.25, 0.3) is 0 Å². The van der Waals surface area contributed by atoms with Crippen LogP contribution in [0.4, 0.5) is 10.1 Å². The zero-order valence-corrected chi connectivity index (χ0v) is 24.4. The van der Waals surface area contributed by atoms with E-state index in [0.717, 1.165) is 18.9 Å². The van der Waals surface area contributed by atoms with Crippen LogP contribution >= 0.6 is 15.9 Å². The maximum atomic E-state index is 14.1. The minimum Gasteiger partial charge on any atom is -0.336 e. The quantitative estimate of drug-likeness (QED) is 0.361. The summed E-state index contributed by atoms with van der Waals surface area (Å²) in [6, 6.07) is 17.6. The molecule has 7 nitrogen and oxygen atoms in total. The number of nitrogens with zero attached hydrogens (tertiary/aromatic N) is 2. The molecule has 1 heterocycles. The normalized spacial score (nSPS) is 17.0. The molecule has 3 aromatic carbocycles. The van der Waals surface area contributed by atoms with E-state index in [-0.39, 0.29) is 42.3 Å². The van der Waals surface area contributed by atoms with Gasteiger partial charge in [-0.2, -0.15) is 4.31 Å². The fourth-order valence-electron chi connectivity index (χ4n) is 5.43. The van der Waals surface area contributed by atoms with E-state index in [9.17, 15) is 22.4 Å². The smallest absolute Gasteiger partial charge is 0.256 e. The van der Waals surface area contributed by atoms with Crippen molar-refractivity contribution in [2.75, 3.05) is 31.5 Å². The second kappa shape index (κ2) is 12.2. The van der Waals surface area contributed by atoms with Crippen LogP contribution in [0.5, 0.6) is 0 Å². The Morgan fingerprint density at radius 2 is 1.57 bits per heavy atom. The molecule has 0 radical (unpaired) electrons. The van der Waals surface area contributed by atoms with Gasteiger partial charge in [0.2, 0.25) is 10.0 Å². The summed E-state index contributed by atoms with van der Waals surface area (Å²) in [5.74, 6) is -0.980. The molecular weight excluding hydrogens is 597 g/mol. The number of nitrogens with one attached hydrogen (secondary N) is 1. The molecule has 1 aliphatic heterocycles. The maximum absolute atomic E-state index is 14.1. The van der Waals surface area contributed by atoms with E-state index >= 15 is 0 Å². The summed E-state index contributed by atoms with van der Waals surface area (Å²) < 4.78 is 42.8. The molecule has 0 aromatic heterocycles. The number of carbonyl (C=O) groups excluding carboxylic acids is 2. The zero-order valence-electron chi connectivity index (χ0n) is 22.0. The average Bonchev–Trinajstić information content (AvgIpc) is 2.97. The topological polar surface area (TPSA) is 86.8 Å². The molecule has 10 heteroatoms. The summed E-state index contributed by atoms with van der Waals surface area (Å²) in [6.45, 7) is 0.627. The number of hydrogen-bond donors (Lipinski definition) is 1. The van der Waals surface area contributed by atoms with Crippen LogP contribution in [-0.2, 0) is 10.0 Å². The zero-order chi connectivity index (χ0) is 28.3. The highest BCUT2D eigenvalue weighted by Crippen LogP contribution is 2.33. The maximum Gasteiger partial charge on any atom is 0.256 e. The summed E-state index contributed by atoms with van der Waals surface area (Å²) in [4.78, 5) is 28.0. The van der Waals surface area contributed by atoms with Crippen LogP contribution < -0.4 is 5.32 Å². The number of amides is 2. The van der Waals surface area contributed by atoms with Crippen LogP contribution in [0.3, 0.4) is 0 Å². The summed E-state index contributed by atoms with van der Waals surface area (Å²) in [5, 5.41) is 2.64. The summed E-state index contributed by atoms with van der Waals surface area (Å²) in [5.41, 5.74) is 1.74. The van der Waals surface area contributed by atoms with Crippen molar-refractivity contribution in [2.45, 2.75) is 42.9 Å². The molecule has 1 aliphatic carbocycles. The molecule has 2 fully saturated rings. The van der Waals surface area contributed by atoms with Gasteiger partial charge in [0.05, 0.1) is 16.1 Å². The Hall–Kier alpha value is -3.08. The van der Waals surface area contributed by atoms with E-state index in [1.165, 1.54) is 46.2 Å². The van der Waals surface area contributed by atoms with Gasteiger partial charge in [0.1, 0.15) is 5.82 Å². The number of sulfonamides is 1. The van der Waals surface area contributed by atoms with Crippen molar-refractivity contribution >= 4 is 43.5 Å². The Bertz CT molecular complexity index is 1500. The van der Waals surface area contributed by atoms with E-state index < -0.39 is 27.7 Å². The van der Waals surface area contributed by atoms with Gasteiger partial charge in [0.15, 0.2) is 0 Å². The van der Waals surface area contributed by atoms with E-state index in [1.807, 2.05) is 12.1 Å². The van der Waals surface area contributed by atoms with Crippen molar-refractivity contribution in [3.63, 3.8) is 0 Å². The van der Waals surface area contributed by atoms with E-state index in [4.69, 9.17) is 0 Å². The van der Waals surface area contributed by atoms with Crippen molar-refractivity contribution in [1.82, 2.24) is 9.21 Å². The highest BCUT2D eigenvalue weighted by atomic mass is 79.9. The molecule has 2 amide bonds. The first-order chi connectivity index (χ1) is 19.2. The Labute approximate surface area is 242 Å². The highest BCUT2D eigenvalue weighted by Gasteiger charge is 2.31. The summed E-state index contributed by atoms with van der Waals surface area (Å²) in [7, 11) is -3.70. The predicted molar refractivity (Wildman–Crippen MR) is 155 cm³/mol. The molecule has 1 saturated heterocycles. The molecule has 0 atom stereocenters. The lowest BCUT2D eigenvalue weighted by Crippen LogP contribution is -2.50. The lowest BCUT2D eigenvalue weighted by molar-refractivity contribution is 0.0699. The van der Waals surface area contributed by atoms with Crippen LogP contribution in [0, 0.1) is 5.82 Å². The van der Waals surface area contributed by atoms with E-state index in [1.54, 1.807) is 36.4 Å². The third-order valence-corrected chi connectivity index (χ3v) is 10.1. The highest BCUT2D eigenvalue weighted by molar-refractivity contribution is 9.10. The predicted octanol–water partition coefficient (Wildman–Crippen LogP) is 6.03. The van der Waals surface area contributed by atoms with Gasteiger partial charge in [0.25, 0.3) is 11.8 Å². The van der Waals surface area contributed by atoms with Crippen molar-refractivity contribution in [1.29, 1.82) is 0 Å². The number of halogens is 2. The van der Waals surface area contributed by atoms with Gasteiger partial charge < -0.3 is 10.2 Å². The summed E-state index contributed by atoms with van der Waals surface area (Å²) in [6.07, 6.45) is 5.98. The molecule has 210 valence electrons. The monoisotopic (exact) mass is 627 g/mol. The van der Waals surface area contributed by atoms with E-state index in [2.05, 4.69) is 21.2 Å². The van der Waals surface area contributed by atoms with Gasteiger partial charge in [-0.05, 0) is 72.9 Å². The molecule has 0 bridgehead atoms. The van der Waals surface area contributed by atoms with Gasteiger partial charge in [-0.3, -0.25) is 9.59 Å². The Balaban J connectivity index is 1.25. The lowest BCUT2D eigenvalue weighted by atomic mass is 9.84. The van der Waals surface area contributed by atoms with Gasteiger partial charge in [-0.1, -0.05) is 53.4 Å². The minimum atomic E-state index is -3.70. The molecule has 3 aromatic rings. The second-order valence-corrected chi connectivity index (χ2v) is 13.1. The molecular formula is C30H31BrFN3O4S. The molecule has 5 rings (SSSR count). The number of carbonyl (C=O) groups is 2. The SMILES string of the molecule is O=C(Nc1cc(F)ccc1C(=O)N1CCN(S(=O)(=O)c2ccc(C3CCCCC3)cc2)CC1)c1cccc(Br)c1. The standard InChI is InChI=1S/C30H31BrFN3O4S/c31-24-8-4-7-23(19-24)29(36)33-28-20-25(32)11-14-27(28)30(37)34-15-17-35(18-16-34)40(38,39)26-12-9-22(10-13-26)21-5-2-1-3-6-21/h4,7-14,19-21H,1-3,5-6,15-18H2,(H,33,36). The van der Waals surface area contributed by atoms with Crippen molar-refractivity contribution < 1.29 is 22.4 Å². The van der Waals surface area contributed by atoms with Crippen LogP contribution in [0.2, 0.25) is 0 Å². The Kier molecular flexibility index (Phi) is 8.68. The molecule has 1 N–H and O–H groups in total. The average molecular weight is 629 g/mol. The van der Waals surface area contributed by atoms with Crippen LogP contribution in [0.1, 0.15) is 64.3 Å². The summed E-state index contributed by atoms with van der Waals surface area (Å²) >= 11 is 3.32. The Morgan fingerprint density at radius 1 is 0.875 bits per heavy atom. The number of benzene rings is 3. The molecule has 2 aliphatic rings. The first-order valence-corrected chi connectivity index (χ1v) is 15.7. The van der Waals surface area contributed by atoms with Crippen LogP contribution in [-0.4, -0.2) is 55.6 Å². The third-order valence-electron chi connectivity index (χ3n) is 7.67. The van der Waals surface area contributed by atoms with Gasteiger partial charge in [0, 0.05) is 36.2 Å². The largest absolute Gasteiger partial charge is 0.336 e. The molecule has 0 spiro atoms. The Morgan fingerprint density at radius 3 is 2.25 bits per heavy atom. The van der Waals surface area contributed by atoms with Crippen LogP contribution in [0.15, 0.2) is 76.1 Å². The van der Waals surface area contributed by atoms with Gasteiger partial charge in [-0.15, -0.1) is 0 Å². The first kappa shape index (κ1) is 28.4. The van der Waals surface area contributed by atoms with E-state index in [0.29, 0.717) is 16.0 Å². The lowest BCUT2D eigenvalue weighted by Gasteiger charge is -2.34. The van der Waals surface area contributed by atoms with Crippen molar-refractivity contribution in [3.8, 4) is 0 Å². The van der Waals surface area contributed by atoms with Gasteiger partial charge in [-0.25, -0.2) is 12.8 Å². The fourth-order valence-corrected chi connectivity index (χ4v) is 7.25. The number of anilines is 1. The van der Waals surface area contributed by atoms with Gasteiger partial charge >= 0.3 is 0 Å². The number of hydrogen-bond acceptors (Lipinski definition) is 4.